The first-order valence-electron chi connectivity index (χ1n) is 10.1. The summed E-state index contributed by atoms with van der Waals surface area (Å²) in [6.07, 6.45) is 0. The van der Waals surface area contributed by atoms with E-state index in [4.69, 9.17) is 0 Å². The molecule has 1 atom stereocenters. The summed E-state index contributed by atoms with van der Waals surface area (Å²) in [7, 11) is 0. The number of para-hydroxylation sites is 1. The van der Waals surface area contributed by atoms with Crippen LogP contribution in [0.4, 0.5) is 15.8 Å². The van der Waals surface area contributed by atoms with E-state index < -0.39 is 11.9 Å². The molecule has 31 heavy (non-hydrogen) atoms. The van der Waals surface area contributed by atoms with Crippen LogP contribution in [-0.2, 0) is 9.59 Å². The number of halogens is 2. The van der Waals surface area contributed by atoms with Crippen LogP contribution in [0, 0.1) is 5.82 Å². The predicted octanol–water partition coefficient (Wildman–Crippen LogP) is 5.83. The van der Waals surface area contributed by atoms with Crippen molar-refractivity contribution in [3.63, 3.8) is 0 Å². The summed E-state index contributed by atoms with van der Waals surface area (Å²) < 4.78 is 15.4. The summed E-state index contributed by atoms with van der Waals surface area (Å²) >= 11 is 3.41. The van der Waals surface area contributed by atoms with Gasteiger partial charge in [0, 0.05) is 10.2 Å². The lowest BCUT2D eigenvalue weighted by Gasteiger charge is -2.40. The number of piperazine rings is 1. The van der Waals surface area contributed by atoms with Gasteiger partial charge < -0.3 is 0 Å². The maximum absolute atomic E-state index is 14.5. The van der Waals surface area contributed by atoms with Gasteiger partial charge in [0.15, 0.2) is 0 Å². The highest BCUT2D eigenvalue weighted by molar-refractivity contribution is 9.10. The summed E-state index contributed by atoms with van der Waals surface area (Å²) in [6, 6.07) is 20.1. The number of rotatable bonds is 4. The Morgan fingerprint density at radius 3 is 2.19 bits per heavy atom. The Bertz CT molecular complexity index is 1110. The molecule has 0 radical (unpaired) electrons. The second-order valence-corrected chi connectivity index (χ2v) is 8.76. The van der Waals surface area contributed by atoms with Crippen molar-refractivity contribution in [1.29, 1.82) is 0 Å². The number of hydrogen-bond donors (Lipinski definition) is 0. The molecule has 1 fully saturated rings. The number of carbonyl (C=O) groups excluding carboxylic acids is 2. The lowest BCUT2D eigenvalue weighted by Crippen LogP contribution is -2.56. The fourth-order valence-corrected chi connectivity index (χ4v) is 4.08. The summed E-state index contributed by atoms with van der Waals surface area (Å²) in [5.74, 6) is -0.807. The number of benzene rings is 3. The Hall–Kier alpha value is -2.99. The molecule has 6 heteroatoms. The molecule has 4 nitrogen and oxygen atoms in total. The van der Waals surface area contributed by atoms with Crippen LogP contribution in [0.5, 0.6) is 0 Å². The second kappa shape index (κ2) is 8.63. The Morgan fingerprint density at radius 1 is 0.935 bits per heavy atom. The third-order valence-electron chi connectivity index (χ3n) is 5.49. The maximum atomic E-state index is 14.5. The van der Waals surface area contributed by atoms with E-state index >= 15 is 0 Å². The third kappa shape index (κ3) is 4.12. The van der Waals surface area contributed by atoms with Gasteiger partial charge in [0.1, 0.15) is 18.4 Å². The van der Waals surface area contributed by atoms with E-state index in [0.717, 1.165) is 10.0 Å². The first-order chi connectivity index (χ1) is 14.9. The average molecular weight is 481 g/mol. The lowest BCUT2D eigenvalue weighted by atomic mass is 9.95. The molecular weight excluding hydrogens is 459 g/mol. The molecule has 0 saturated carbocycles. The summed E-state index contributed by atoms with van der Waals surface area (Å²) in [4.78, 5) is 29.7. The van der Waals surface area contributed by atoms with Gasteiger partial charge in [-0.25, -0.2) is 4.39 Å². The van der Waals surface area contributed by atoms with E-state index in [1.807, 2.05) is 36.4 Å². The van der Waals surface area contributed by atoms with Crippen LogP contribution in [0.3, 0.4) is 0 Å². The number of hydrogen-bond acceptors (Lipinski definition) is 2. The number of carbonyl (C=O) groups is 2. The molecule has 3 aromatic rings. The van der Waals surface area contributed by atoms with Gasteiger partial charge in [-0.05, 0) is 53.4 Å². The van der Waals surface area contributed by atoms with Crippen molar-refractivity contribution in [2.24, 2.45) is 0 Å². The van der Waals surface area contributed by atoms with Crippen LogP contribution < -0.4 is 9.80 Å². The molecule has 3 aromatic carbocycles. The minimum Gasteiger partial charge on any atom is -0.298 e. The van der Waals surface area contributed by atoms with Crippen molar-refractivity contribution in [3.05, 3.63) is 94.2 Å². The fourth-order valence-electron chi connectivity index (χ4n) is 3.82. The molecule has 0 aliphatic carbocycles. The molecule has 2 amide bonds. The Morgan fingerprint density at radius 2 is 1.58 bits per heavy atom. The van der Waals surface area contributed by atoms with E-state index in [0.29, 0.717) is 17.2 Å². The lowest BCUT2D eigenvalue weighted by molar-refractivity contribution is -0.128. The average Bonchev–Trinajstić information content (AvgIpc) is 2.76. The van der Waals surface area contributed by atoms with E-state index in [2.05, 4.69) is 29.8 Å². The van der Waals surface area contributed by atoms with Crippen molar-refractivity contribution in [2.75, 3.05) is 16.3 Å². The van der Waals surface area contributed by atoms with Crippen LogP contribution in [0.25, 0.3) is 0 Å². The van der Waals surface area contributed by atoms with Crippen LogP contribution >= 0.6 is 15.9 Å². The van der Waals surface area contributed by atoms with Gasteiger partial charge in [-0.15, -0.1) is 0 Å². The zero-order valence-corrected chi connectivity index (χ0v) is 18.8. The molecule has 0 N–H and O–H groups in total. The standard InChI is InChI=1S/C25H22BrFN2O2/c1-16(2)17-7-9-18(10-8-17)24-25(31)28(22-6-4-3-5-21(22)27)15-23(30)29(24)20-13-11-19(26)12-14-20/h3-14,16,24H,15H2,1-2H3/t24-/m0/s1. The largest absolute Gasteiger partial charge is 0.298 e. The van der Waals surface area contributed by atoms with E-state index in [9.17, 15) is 14.0 Å². The van der Waals surface area contributed by atoms with Crippen molar-refractivity contribution in [3.8, 4) is 0 Å². The second-order valence-electron chi connectivity index (χ2n) is 7.84. The Labute approximate surface area is 189 Å². The zero-order valence-electron chi connectivity index (χ0n) is 17.3. The molecular formula is C25H22BrFN2O2. The molecule has 1 aliphatic heterocycles. The van der Waals surface area contributed by atoms with Gasteiger partial charge in [-0.1, -0.05) is 66.2 Å². The molecule has 0 aromatic heterocycles. The molecule has 0 unspecified atom stereocenters. The van der Waals surface area contributed by atoms with E-state index in [-0.39, 0.29) is 24.0 Å². The van der Waals surface area contributed by atoms with Crippen molar-refractivity contribution in [2.45, 2.75) is 25.8 Å². The van der Waals surface area contributed by atoms with Crippen molar-refractivity contribution < 1.29 is 14.0 Å². The van der Waals surface area contributed by atoms with Crippen LogP contribution in [-0.4, -0.2) is 18.4 Å². The highest BCUT2D eigenvalue weighted by Gasteiger charge is 2.42. The fraction of sp³-hybridized carbons (Fsp3) is 0.200. The summed E-state index contributed by atoms with van der Waals surface area (Å²) in [6.45, 7) is 3.97. The molecule has 1 aliphatic rings. The summed E-state index contributed by atoms with van der Waals surface area (Å²) in [5.41, 5.74) is 2.55. The smallest absolute Gasteiger partial charge is 0.255 e. The third-order valence-corrected chi connectivity index (χ3v) is 6.02. The van der Waals surface area contributed by atoms with Crippen molar-refractivity contribution in [1.82, 2.24) is 0 Å². The van der Waals surface area contributed by atoms with Crippen molar-refractivity contribution >= 4 is 39.1 Å². The minimum absolute atomic E-state index is 0.111. The Balaban J connectivity index is 1.81. The van der Waals surface area contributed by atoms with E-state index in [1.165, 1.54) is 21.9 Å². The topological polar surface area (TPSA) is 40.6 Å². The Kier molecular flexibility index (Phi) is 5.92. The maximum Gasteiger partial charge on any atom is 0.255 e. The number of anilines is 2. The van der Waals surface area contributed by atoms with Crippen LogP contribution in [0.15, 0.2) is 77.3 Å². The highest BCUT2D eigenvalue weighted by atomic mass is 79.9. The van der Waals surface area contributed by atoms with Gasteiger partial charge in [0.05, 0.1) is 5.69 Å². The van der Waals surface area contributed by atoms with Crippen LogP contribution in [0.2, 0.25) is 0 Å². The van der Waals surface area contributed by atoms with Crippen LogP contribution in [0.1, 0.15) is 36.9 Å². The van der Waals surface area contributed by atoms with Gasteiger partial charge in [-0.2, -0.15) is 0 Å². The highest BCUT2D eigenvalue weighted by Crippen LogP contribution is 2.36. The number of amides is 2. The molecule has 0 bridgehead atoms. The molecule has 158 valence electrons. The van der Waals surface area contributed by atoms with Gasteiger partial charge in [0.25, 0.3) is 5.91 Å². The first-order valence-corrected chi connectivity index (χ1v) is 10.9. The summed E-state index contributed by atoms with van der Waals surface area (Å²) in [5, 5.41) is 0. The quantitative estimate of drug-likeness (QED) is 0.471. The molecule has 4 rings (SSSR count). The molecule has 0 spiro atoms. The zero-order chi connectivity index (χ0) is 22.1. The van der Waals surface area contributed by atoms with E-state index in [1.54, 1.807) is 24.3 Å². The minimum atomic E-state index is -0.886. The normalized spacial score (nSPS) is 16.9. The first kappa shape index (κ1) is 21.2. The molecule has 1 heterocycles. The van der Waals surface area contributed by atoms with Gasteiger partial charge >= 0.3 is 0 Å². The predicted molar refractivity (Wildman–Crippen MR) is 124 cm³/mol. The molecule has 1 saturated heterocycles. The monoisotopic (exact) mass is 480 g/mol. The number of nitrogens with zero attached hydrogens (tertiary/aromatic N) is 2. The van der Waals surface area contributed by atoms with Gasteiger partial charge in [0.2, 0.25) is 5.91 Å². The van der Waals surface area contributed by atoms with Gasteiger partial charge in [-0.3, -0.25) is 19.4 Å². The SMILES string of the molecule is CC(C)c1ccc([C@H]2C(=O)N(c3ccccc3F)CC(=O)N2c2ccc(Br)cc2)cc1.